The number of benzene rings is 2. The van der Waals surface area contributed by atoms with E-state index in [1.165, 1.54) is 24.0 Å². The lowest BCUT2D eigenvalue weighted by atomic mass is 9.98. The third kappa shape index (κ3) is 4.93. The number of carbonyl (C=O) groups is 1. The third-order valence-corrected chi connectivity index (χ3v) is 6.64. The second-order valence-electron chi connectivity index (χ2n) is 8.32. The molecule has 1 heterocycles. The molecule has 1 saturated carbocycles. The summed E-state index contributed by atoms with van der Waals surface area (Å²) in [5.74, 6) is 0. The average Bonchev–Trinajstić information content (AvgIpc) is 3.24. The number of hydrogen-bond acceptors (Lipinski definition) is 2. The number of hydrogen-bond donors (Lipinski definition) is 1. The molecule has 1 aliphatic carbocycles. The van der Waals surface area contributed by atoms with E-state index in [0.717, 1.165) is 61.7 Å². The van der Waals surface area contributed by atoms with E-state index >= 15 is 0 Å². The van der Waals surface area contributed by atoms with Crippen molar-refractivity contribution in [1.82, 2.24) is 15.1 Å². The SMILES string of the molecule is Cc1ccc(-c2ccccc2CN2CCN(C(=O)NC3CCCC3)CC2)cc1Cl. The van der Waals surface area contributed by atoms with Crippen LogP contribution in [0.2, 0.25) is 5.02 Å². The number of aryl methyl sites for hydroxylation is 1. The summed E-state index contributed by atoms with van der Waals surface area (Å²) in [6.45, 7) is 6.30. The number of rotatable bonds is 4. The highest BCUT2D eigenvalue weighted by Gasteiger charge is 2.24. The molecule has 2 aromatic rings. The Labute approximate surface area is 178 Å². The van der Waals surface area contributed by atoms with Gasteiger partial charge < -0.3 is 10.2 Å². The molecule has 4 rings (SSSR count). The summed E-state index contributed by atoms with van der Waals surface area (Å²) in [4.78, 5) is 16.9. The third-order valence-electron chi connectivity index (χ3n) is 6.24. The van der Waals surface area contributed by atoms with E-state index in [2.05, 4.69) is 52.7 Å². The van der Waals surface area contributed by atoms with Gasteiger partial charge in [0.05, 0.1) is 0 Å². The molecule has 4 nitrogen and oxygen atoms in total. The Morgan fingerprint density at radius 1 is 1.07 bits per heavy atom. The fourth-order valence-corrected chi connectivity index (χ4v) is 4.57. The summed E-state index contributed by atoms with van der Waals surface area (Å²) in [6.07, 6.45) is 4.74. The number of amides is 2. The summed E-state index contributed by atoms with van der Waals surface area (Å²) in [6, 6.07) is 15.3. The van der Waals surface area contributed by atoms with Gasteiger partial charge in [0.25, 0.3) is 0 Å². The van der Waals surface area contributed by atoms with E-state index in [1.54, 1.807) is 0 Å². The number of nitrogens with zero attached hydrogens (tertiary/aromatic N) is 2. The van der Waals surface area contributed by atoms with Crippen LogP contribution in [0, 0.1) is 6.92 Å². The van der Waals surface area contributed by atoms with Crippen molar-refractivity contribution in [1.29, 1.82) is 0 Å². The first-order chi connectivity index (χ1) is 14.1. The van der Waals surface area contributed by atoms with Crippen LogP contribution >= 0.6 is 11.6 Å². The first kappa shape index (κ1) is 20.2. The smallest absolute Gasteiger partial charge is 0.317 e. The number of halogens is 1. The molecular formula is C24H30ClN3O. The van der Waals surface area contributed by atoms with Crippen LogP contribution in [-0.2, 0) is 6.54 Å². The van der Waals surface area contributed by atoms with E-state index < -0.39 is 0 Å². The van der Waals surface area contributed by atoms with Gasteiger partial charge >= 0.3 is 6.03 Å². The molecule has 0 bridgehead atoms. The Hall–Kier alpha value is -2.04. The van der Waals surface area contributed by atoms with Crippen molar-refractivity contribution < 1.29 is 4.79 Å². The van der Waals surface area contributed by atoms with Crippen molar-refractivity contribution in [2.45, 2.75) is 45.2 Å². The lowest BCUT2D eigenvalue weighted by Gasteiger charge is -2.35. The molecule has 1 N–H and O–H groups in total. The maximum absolute atomic E-state index is 12.5. The summed E-state index contributed by atoms with van der Waals surface area (Å²) >= 11 is 6.36. The highest BCUT2D eigenvalue weighted by Crippen LogP contribution is 2.29. The van der Waals surface area contributed by atoms with Crippen molar-refractivity contribution in [3.8, 4) is 11.1 Å². The molecule has 0 atom stereocenters. The summed E-state index contributed by atoms with van der Waals surface area (Å²) < 4.78 is 0. The molecule has 0 aromatic heterocycles. The second kappa shape index (κ2) is 9.19. The van der Waals surface area contributed by atoms with Crippen molar-refractivity contribution in [2.75, 3.05) is 26.2 Å². The largest absolute Gasteiger partial charge is 0.335 e. The molecule has 2 aromatic carbocycles. The van der Waals surface area contributed by atoms with Crippen LogP contribution in [0.25, 0.3) is 11.1 Å². The molecule has 2 aliphatic rings. The van der Waals surface area contributed by atoms with Gasteiger partial charge in [0.15, 0.2) is 0 Å². The zero-order valence-corrected chi connectivity index (χ0v) is 17.9. The van der Waals surface area contributed by atoms with Crippen LogP contribution in [0.15, 0.2) is 42.5 Å². The summed E-state index contributed by atoms with van der Waals surface area (Å²) in [5, 5.41) is 4.01. The molecule has 29 heavy (non-hydrogen) atoms. The van der Waals surface area contributed by atoms with E-state index in [-0.39, 0.29) is 6.03 Å². The van der Waals surface area contributed by atoms with Crippen LogP contribution in [0.4, 0.5) is 4.79 Å². The molecule has 0 radical (unpaired) electrons. The molecule has 154 valence electrons. The molecule has 2 fully saturated rings. The normalized spacial score (nSPS) is 18.2. The Balaban J connectivity index is 1.37. The minimum Gasteiger partial charge on any atom is -0.335 e. The van der Waals surface area contributed by atoms with Crippen LogP contribution in [0.3, 0.4) is 0 Å². The quantitative estimate of drug-likeness (QED) is 0.760. The fraction of sp³-hybridized carbons (Fsp3) is 0.458. The topological polar surface area (TPSA) is 35.6 Å². The Bertz CT molecular complexity index is 855. The monoisotopic (exact) mass is 411 g/mol. The molecule has 0 unspecified atom stereocenters. The Morgan fingerprint density at radius 2 is 1.79 bits per heavy atom. The minimum absolute atomic E-state index is 0.117. The lowest BCUT2D eigenvalue weighted by molar-refractivity contribution is 0.133. The lowest BCUT2D eigenvalue weighted by Crippen LogP contribution is -2.52. The number of piperazine rings is 1. The van der Waals surface area contributed by atoms with E-state index in [0.29, 0.717) is 6.04 Å². The van der Waals surface area contributed by atoms with E-state index in [4.69, 9.17) is 11.6 Å². The summed E-state index contributed by atoms with van der Waals surface area (Å²) in [7, 11) is 0. The predicted molar refractivity (Wildman–Crippen MR) is 119 cm³/mol. The zero-order valence-electron chi connectivity index (χ0n) is 17.2. The van der Waals surface area contributed by atoms with Crippen LogP contribution in [0.5, 0.6) is 0 Å². The molecule has 2 amide bonds. The Kier molecular flexibility index (Phi) is 6.41. The maximum atomic E-state index is 12.5. The minimum atomic E-state index is 0.117. The van der Waals surface area contributed by atoms with Crippen LogP contribution in [-0.4, -0.2) is 48.1 Å². The van der Waals surface area contributed by atoms with Gasteiger partial charge in [-0.1, -0.05) is 60.8 Å². The van der Waals surface area contributed by atoms with Gasteiger partial charge in [0, 0.05) is 43.8 Å². The first-order valence-corrected chi connectivity index (χ1v) is 11.1. The van der Waals surface area contributed by atoms with Gasteiger partial charge in [0.2, 0.25) is 0 Å². The molecule has 5 heteroatoms. The highest BCUT2D eigenvalue weighted by atomic mass is 35.5. The number of carbonyl (C=O) groups excluding carboxylic acids is 1. The summed E-state index contributed by atoms with van der Waals surface area (Å²) in [5.41, 5.74) is 4.79. The van der Waals surface area contributed by atoms with Crippen molar-refractivity contribution >= 4 is 17.6 Å². The average molecular weight is 412 g/mol. The highest BCUT2D eigenvalue weighted by molar-refractivity contribution is 6.31. The molecule has 1 aliphatic heterocycles. The van der Waals surface area contributed by atoms with Crippen molar-refractivity contribution in [3.05, 3.63) is 58.6 Å². The van der Waals surface area contributed by atoms with E-state index in [1.807, 2.05) is 11.8 Å². The fourth-order valence-electron chi connectivity index (χ4n) is 4.39. The van der Waals surface area contributed by atoms with Crippen LogP contribution < -0.4 is 5.32 Å². The van der Waals surface area contributed by atoms with Gasteiger partial charge in [0.1, 0.15) is 0 Å². The molecule has 1 saturated heterocycles. The predicted octanol–water partition coefficient (Wildman–Crippen LogP) is 5.09. The Morgan fingerprint density at radius 3 is 2.52 bits per heavy atom. The van der Waals surface area contributed by atoms with Crippen LogP contribution in [0.1, 0.15) is 36.8 Å². The van der Waals surface area contributed by atoms with Gasteiger partial charge in [-0.2, -0.15) is 0 Å². The van der Waals surface area contributed by atoms with Gasteiger partial charge in [-0.3, -0.25) is 4.90 Å². The van der Waals surface area contributed by atoms with Gasteiger partial charge in [-0.05, 0) is 48.1 Å². The van der Waals surface area contributed by atoms with Gasteiger partial charge in [-0.15, -0.1) is 0 Å². The molecule has 0 spiro atoms. The van der Waals surface area contributed by atoms with E-state index in [9.17, 15) is 4.79 Å². The van der Waals surface area contributed by atoms with Crippen molar-refractivity contribution in [3.63, 3.8) is 0 Å². The first-order valence-electron chi connectivity index (χ1n) is 10.7. The molecular weight excluding hydrogens is 382 g/mol. The number of nitrogens with one attached hydrogen (secondary N) is 1. The zero-order chi connectivity index (χ0) is 20.2. The maximum Gasteiger partial charge on any atom is 0.317 e. The second-order valence-corrected chi connectivity index (χ2v) is 8.72. The number of urea groups is 1. The standard InChI is InChI=1S/C24H30ClN3O/c1-18-10-11-19(16-23(18)25)22-9-5-2-6-20(22)17-27-12-14-28(15-13-27)24(29)26-21-7-3-4-8-21/h2,5-6,9-11,16,21H,3-4,7-8,12-15,17H2,1H3,(H,26,29). The van der Waals surface area contributed by atoms with Gasteiger partial charge in [-0.25, -0.2) is 4.79 Å². The van der Waals surface area contributed by atoms with Crippen molar-refractivity contribution in [2.24, 2.45) is 0 Å².